The molecular formula is C13H19N3S. The Hall–Kier alpha value is -1.16. The van der Waals surface area contributed by atoms with Crippen molar-refractivity contribution in [2.45, 2.75) is 20.3 Å². The minimum absolute atomic E-state index is 0.408. The van der Waals surface area contributed by atoms with Gasteiger partial charge in [-0.25, -0.2) is 4.98 Å². The molecular weight excluding hydrogens is 230 g/mol. The first-order valence-corrected chi connectivity index (χ1v) is 6.49. The van der Waals surface area contributed by atoms with Gasteiger partial charge < -0.3 is 10.6 Å². The molecule has 0 spiro atoms. The molecule has 1 aromatic heterocycles. The Morgan fingerprint density at radius 3 is 2.76 bits per heavy atom. The molecule has 1 atom stereocenters. The van der Waals surface area contributed by atoms with E-state index in [1.165, 1.54) is 6.42 Å². The first kappa shape index (κ1) is 12.3. The zero-order valence-corrected chi connectivity index (χ0v) is 11.2. The van der Waals surface area contributed by atoms with Gasteiger partial charge in [0.1, 0.15) is 10.8 Å². The van der Waals surface area contributed by atoms with Crippen LogP contribution < -0.4 is 10.6 Å². The Morgan fingerprint density at radius 2 is 2.29 bits per heavy atom. The summed E-state index contributed by atoms with van der Waals surface area (Å²) in [7, 11) is 0. The van der Waals surface area contributed by atoms with E-state index in [0.29, 0.717) is 4.99 Å². The van der Waals surface area contributed by atoms with E-state index in [4.69, 9.17) is 18.0 Å². The van der Waals surface area contributed by atoms with Crippen molar-refractivity contribution in [3.05, 3.63) is 23.9 Å². The van der Waals surface area contributed by atoms with E-state index in [9.17, 15) is 0 Å². The Bertz CT molecular complexity index is 400. The quantitative estimate of drug-likeness (QED) is 0.834. The predicted octanol–water partition coefficient (Wildman–Crippen LogP) is 2.20. The first-order chi connectivity index (χ1) is 8.08. The van der Waals surface area contributed by atoms with Crippen LogP contribution in [0.15, 0.2) is 18.3 Å². The lowest BCUT2D eigenvalue weighted by molar-refractivity contribution is 0.422. The van der Waals surface area contributed by atoms with Crippen LogP contribution in [0, 0.1) is 11.8 Å². The smallest absolute Gasteiger partial charge is 0.128 e. The fraction of sp³-hybridized carbons (Fsp3) is 0.538. The number of nitrogens with zero attached hydrogens (tertiary/aromatic N) is 2. The topological polar surface area (TPSA) is 42.1 Å². The molecule has 1 aliphatic heterocycles. The van der Waals surface area contributed by atoms with Crippen molar-refractivity contribution in [2.24, 2.45) is 17.6 Å². The average molecular weight is 249 g/mol. The summed E-state index contributed by atoms with van der Waals surface area (Å²) in [5.74, 6) is 2.57. The number of anilines is 1. The molecule has 1 aliphatic rings. The van der Waals surface area contributed by atoms with Crippen molar-refractivity contribution in [1.82, 2.24) is 4.98 Å². The molecule has 2 N–H and O–H groups in total. The molecule has 0 bridgehead atoms. The monoisotopic (exact) mass is 249 g/mol. The summed E-state index contributed by atoms with van der Waals surface area (Å²) in [6.45, 7) is 6.79. The summed E-state index contributed by atoms with van der Waals surface area (Å²) in [6.07, 6.45) is 3.02. The van der Waals surface area contributed by atoms with Crippen molar-refractivity contribution < 1.29 is 0 Å². The highest BCUT2D eigenvalue weighted by Crippen LogP contribution is 2.26. The van der Waals surface area contributed by atoms with Crippen molar-refractivity contribution in [3.63, 3.8) is 0 Å². The zero-order valence-electron chi connectivity index (χ0n) is 10.4. The second kappa shape index (κ2) is 5.00. The van der Waals surface area contributed by atoms with Crippen molar-refractivity contribution in [3.8, 4) is 0 Å². The maximum atomic E-state index is 5.56. The standard InChI is InChI=1S/C13H19N3S/c1-9(2)11-5-6-16(8-11)12-4-3-10(7-15-12)13(14)17/h3-4,7,9,11H,5-6,8H2,1-2H3,(H2,14,17). The molecule has 1 unspecified atom stereocenters. The highest BCUT2D eigenvalue weighted by molar-refractivity contribution is 7.80. The van der Waals surface area contributed by atoms with Gasteiger partial charge in [0, 0.05) is 24.8 Å². The van der Waals surface area contributed by atoms with Crippen LogP contribution in [-0.2, 0) is 0 Å². The van der Waals surface area contributed by atoms with E-state index in [-0.39, 0.29) is 0 Å². The predicted molar refractivity (Wildman–Crippen MR) is 75.3 cm³/mol. The van der Waals surface area contributed by atoms with Crippen molar-refractivity contribution >= 4 is 23.0 Å². The third-order valence-corrected chi connectivity index (χ3v) is 3.76. The number of pyridine rings is 1. The molecule has 1 saturated heterocycles. The van der Waals surface area contributed by atoms with Gasteiger partial charge in [-0.2, -0.15) is 0 Å². The van der Waals surface area contributed by atoms with E-state index >= 15 is 0 Å². The molecule has 17 heavy (non-hydrogen) atoms. The van der Waals surface area contributed by atoms with Gasteiger partial charge in [-0.3, -0.25) is 0 Å². The van der Waals surface area contributed by atoms with Gasteiger partial charge in [-0.1, -0.05) is 26.1 Å². The zero-order chi connectivity index (χ0) is 12.4. The van der Waals surface area contributed by atoms with Gasteiger partial charge in [0.05, 0.1) is 0 Å². The Kier molecular flexibility index (Phi) is 3.62. The van der Waals surface area contributed by atoms with Crippen molar-refractivity contribution in [1.29, 1.82) is 0 Å². The van der Waals surface area contributed by atoms with Crippen LogP contribution >= 0.6 is 12.2 Å². The lowest BCUT2D eigenvalue weighted by Crippen LogP contribution is -2.22. The second-order valence-corrected chi connectivity index (χ2v) is 5.45. The summed E-state index contributed by atoms with van der Waals surface area (Å²) in [5.41, 5.74) is 6.39. The molecule has 4 heteroatoms. The van der Waals surface area contributed by atoms with Gasteiger partial charge in [-0.05, 0) is 30.4 Å². The van der Waals surface area contributed by atoms with Crippen LogP contribution in [0.5, 0.6) is 0 Å². The third kappa shape index (κ3) is 2.75. The maximum Gasteiger partial charge on any atom is 0.128 e. The molecule has 0 amide bonds. The number of hydrogen-bond donors (Lipinski definition) is 1. The molecule has 1 aromatic rings. The normalized spacial score (nSPS) is 19.9. The number of nitrogens with two attached hydrogens (primary N) is 1. The van der Waals surface area contributed by atoms with Gasteiger partial charge in [0.25, 0.3) is 0 Å². The number of aromatic nitrogens is 1. The van der Waals surface area contributed by atoms with Gasteiger partial charge in [0.15, 0.2) is 0 Å². The minimum Gasteiger partial charge on any atom is -0.389 e. The molecule has 2 rings (SSSR count). The molecule has 1 fully saturated rings. The van der Waals surface area contributed by atoms with Crippen LogP contribution in [0.1, 0.15) is 25.8 Å². The highest BCUT2D eigenvalue weighted by Gasteiger charge is 2.25. The van der Waals surface area contributed by atoms with E-state index in [1.54, 1.807) is 6.20 Å². The number of thiocarbonyl (C=S) groups is 1. The van der Waals surface area contributed by atoms with Crippen LogP contribution in [0.25, 0.3) is 0 Å². The van der Waals surface area contributed by atoms with Crippen LogP contribution in [0.3, 0.4) is 0 Å². The maximum absolute atomic E-state index is 5.56. The summed E-state index contributed by atoms with van der Waals surface area (Å²) >= 11 is 4.92. The lowest BCUT2D eigenvalue weighted by Gasteiger charge is -2.19. The van der Waals surface area contributed by atoms with E-state index in [2.05, 4.69) is 23.7 Å². The molecule has 92 valence electrons. The van der Waals surface area contributed by atoms with Crippen molar-refractivity contribution in [2.75, 3.05) is 18.0 Å². The summed E-state index contributed by atoms with van der Waals surface area (Å²) in [6, 6.07) is 3.96. The summed E-state index contributed by atoms with van der Waals surface area (Å²) in [4.78, 5) is 7.18. The molecule has 3 nitrogen and oxygen atoms in total. The van der Waals surface area contributed by atoms with E-state index in [0.717, 1.165) is 36.3 Å². The minimum atomic E-state index is 0.408. The summed E-state index contributed by atoms with van der Waals surface area (Å²) in [5, 5.41) is 0. The Labute approximate surface area is 108 Å². The van der Waals surface area contributed by atoms with Crippen LogP contribution in [0.2, 0.25) is 0 Å². The Morgan fingerprint density at radius 1 is 1.53 bits per heavy atom. The first-order valence-electron chi connectivity index (χ1n) is 6.08. The molecule has 0 radical (unpaired) electrons. The molecule has 0 aliphatic carbocycles. The second-order valence-electron chi connectivity index (χ2n) is 5.01. The van der Waals surface area contributed by atoms with Gasteiger partial charge in [0.2, 0.25) is 0 Å². The van der Waals surface area contributed by atoms with Crippen LogP contribution in [-0.4, -0.2) is 23.1 Å². The molecule has 0 aromatic carbocycles. The highest BCUT2D eigenvalue weighted by atomic mass is 32.1. The van der Waals surface area contributed by atoms with E-state index < -0.39 is 0 Å². The number of hydrogen-bond acceptors (Lipinski definition) is 3. The SMILES string of the molecule is CC(C)C1CCN(c2ccc(C(N)=S)cn2)C1. The molecule has 2 heterocycles. The largest absolute Gasteiger partial charge is 0.389 e. The third-order valence-electron chi connectivity index (χ3n) is 3.52. The fourth-order valence-corrected chi connectivity index (χ4v) is 2.38. The van der Waals surface area contributed by atoms with Gasteiger partial charge >= 0.3 is 0 Å². The lowest BCUT2D eigenvalue weighted by atomic mass is 9.95. The summed E-state index contributed by atoms with van der Waals surface area (Å²) < 4.78 is 0. The number of rotatable bonds is 3. The molecule has 0 saturated carbocycles. The Balaban J connectivity index is 2.06. The fourth-order valence-electron chi connectivity index (χ4n) is 2.26. The van der Waals surface area contributed by atoms with E-state index in [1.807, 2.05) is 12.1 Å². The average Bonchev–Trinajstić information content (AvgIpc) is 2.78. The van der Waals surface area contributed by atoms with Gasteiger partial charge in [-0.15, -0.1) is 0 Å². The van der Waals surface area contributed by atoms with Crippen LogP contribution in [0.4, 0.5) is 5.82 Å².